The zero-order valence-electron chi connectivity index (χ0n) is 29.9. The van der Waals surface area contributed by atoms with Gasteiger partial charge in [-0.3, -0.25) is 20.4 Å². The smallest absolute Gasteiger partial charge is 0.410 e. The Hall–Kier alpha value is -5.14. The van der Waals surface area contributed by atoms with E-state index in [1.807, 2.05) is 24.3 Å². The lowest BCUT2D eigenvalue weighted by atomic mass is 9.96. The second kappa shape index (κ2) is 18.4. The second-order valence-electron chi connectivity index (χ2n) is 13.8. The third-order valence-electron chi connectivity index (χ3n) is 10.2. The fourth-order valence-corrected chi connectivity index (χ4v) is 6.90. The van der Waals surface area contributed by atoms with Crippen LogP contribution >= 0.6 is 0 Å². The van der Waals surface area contributed by atoms with Crippen molar-refractivity contribution in [1.29, 1.82) is 10.8 Å². The van der Waals surface area contributed by atoms with Crippen molar-refractivity contribution in [2.75, 3.05) is 52.4 Å². The van der Waals surface area contributed by atoms with E-state index in [4.69, 9.17) is 31.8 Å². The van der Waals surface area contributed by atoms with Crippen LogP contribution in [-0.2, 0) is 31.9 Å². The highest BCUT2D eigenvalue weighted by molar-refractivity contribution is 5.95. The van der Waals surface area contributed by atoms with Crippen molar-refractivity contribution in [3.05, 3.63) is 70.8 Å². The van der Waals surface area contributed by atoms with Gasteiger partial charge >= 0.3 is 12.2 Å². The molecule has 0 unspecified atom stereocenters. The van der Waals surface area contributed by atoms with Crippen LogP contribution in [0.3, 0.4) is 0 Å². The Kier molecular flexibility index (Phi) is 13.5. The van der Waals surface area contributed by atoms with Crippen LogP contribution in [0.4, 0.5) is 9.59 Å². The highest BCUT2D eigenvalue weighted by Crippen LogP contribution is 2.24. The molecule has 0 atom stereocenters. The molecule has 2 saturated heterocycles. The van der Waals surface area contributed by atoms with E-state index >= 15 is 0 Å². The number of carbonyl (C=O) groups excluding carboxylic acids is 4. The molecule has 5 rings (SSSR count). The number of nitrogens with two attached hydrogens (primary N) is 2. The summed E-state index contributed by atoms with van der Waals surface area (Å²) in [6.45, 7) is 3.62. The van der Waals surface area contributed by atoms with Crippen LogP contribution in [0.15, 0.2) is 48.5 Å². The van der Waals surface area contributed by atoms with E-state index in [9.17, 15) is 19.2 Å². The average Bonchev–Trinajstić information content (AvgIpc) is 3.15. The molecular weight excluding hydrogens is 664 g/mol. The van der Waals surface area contributed by atoms with E-state index in [2.05, 4.69) is 0 Å². The molecule has 0 aromatic heterocycles. The molecule has 2 aliphatic heterocycles. The van der Waals surface area contributed by atoms with Crippen LogP contribution in [-0.4, -0.2) is 120 Å². The summed E-state index contributed by atoms with van der Waals surface area (Å²) in [5.74, 6) is 0.141. The molecule has 0 bridgehead atoms. The van der Waals surface area contributed by atoms with E-state index in [-0.39, 0.29) is 47.9 Å². The van der Waals surface area contributed by atoms with Gasteiger partial charge in [-0.15, -0.1) is 0 Å². The predicted octanol–water partition coefficient (Wildman–Crippen LogP) is 3.47. The van der Waals surface area contributed by atoms with Crippen LogP contribution in [0.1, 0.15) is 73.6 Å². The van der Waals surface area contributed by atoms with Crippen molar-refractivity contribution in [1.82, 2.24) is 19.6 Å². The lowest BCUT2D eigenvalue weighted by molar-refractivity contribution is -0.133. The first kappa shape index (κ1) is 38.1. The number of ether oxygens (including phenoxy) is 2. The maximum Gasteiger partial charge on any atom is 0.410 e. The molecule has 0 radical (unpaired) electrons. The molecule has 1 aliphatic carbocycles. The lowest BCUT2D eigenvalue weighted by Crippen LogP contribution is -2.51. The number of piperazine rings is 2. The van der Waals surface area contributed by atoms with E-state index in [0.29, 0.717) is 115 Å². The van der Waals surface area contributed by atoms with Crippen LogP contribution in [0, 0.1) is 10.8 Å². The summed E-state index contributed by atoms with van der Waals surface area (Å²) >= 11 is 0. The summed E-state index contributed by atoms with van der Waals surface area (Å²) in [5, 5.41) is 15.0. The molecule has 1 saturated carbocycles. The molecule has 14 nitrogen and oxygen atoms in total. The molecule has 3 fully saturated rings. The minimum Gasteiger partial charge on any atom is -0.446 e. The number of hydrogen-bond acceptors (Lipinski definition) is 8. The van der Waals surface area contributed by atoms with Gasteiger partial charge in [-0.05, 0) is 62.5 Å². The minimum atomic E-state index is -0.341. The Morgan fingerprint density at radius 2 is 0.846 bits per heavy atom. The molecule has 2 aromatic carbocycles. The summed E-state index contributed by atoms with van der Waals surface area (Å²) in [5.41, 5.74) is 14.4. The first-order valence-corrected chi connectivity index (χ1v) is 18.4. The first-order chi connectivity index (χ1) is 25.0. The number of nitrogens with one attached hydrogen (secondary N) is 2. The molecule has 2 heterocycles. The molecule has 6 N–H and O–H groups in total. The first-order valence-electron chi connectivity index (χ1n) is 18.4. The van der Waals surface area contributed by atoms with E-state index in [0.717, 1.165) is 24.0 Å². The van der Waals surface area contributed by atoms with Gasteiger partial charge in [0.25, 0.3) is 0 Å². The summed E-state index contributed by atoms with van der Waals surface area (Å²) < 4.78 is 11.8. The summed E-state index contributed by atoms with van der Waals surface area (Å²) in [7, 11) is 0. The van der Waals surface area contributed by atoms with Gasteiger partial charge in [-0.1, -0.05) is 48.5 Å². The Morgan fingerprint density at radius 1 is 0.538 bits per heavy atom. The van der Waals surface area contributed by atoms with Crippen LogP contribution in [0.5, 0.6) is 0 Å². The zero-order valence-corrected chi connectivity index (χ0v) is 29.9. The predicted molar refractivity (Wildman–Crippen MR) is 196 cm³/mol. The number of nitrogens with zero attached hydrogens (tertiary/aromatic N) is 4. The minimum absolute atomic E-state index is 0.0166. The van der Waals surface area contributed by atoms with Crippen molar-refractivity contribution in [3.8, 4) is 0 Å². The normalized spacial score (nSPS) is 19.6. The van der Waals surface area contributed by atoms with Crippen molar-refractivity contribution >= 4 is 35.7 Å². The molecule has 4 amide bonds. The van der Waals surface area contributed by atoms with Gasteiger partial charge in [0, 0.05) is 76.3 Å². The van der Waals surface area contributed by atoms with Crippen LogP contribution in [0.2, 0.25) is 0 Å². The molecule has 280 valence electrons. The average molecular weight is 717 g/mol. The van der Waals surface area contributed by atoms with Gasteiger partial charge < -0.3 is 40.5 Å². The number of nitrogen functional groups attached to an aromatic ring is 2. The zero-order chi connectivity index (χ0) is 37.0. The molecule has 52 heavy (non-hydrogen) atoms. The third kappa shape index (κ3) is 10.9. The molecule has 2 aromatic rings. The maximum absolute atomic E-state index is 13.0. The topological polar surface area (TPSA) is 199 Å². The Bertz CT molecular complexity index is 1440. The second-order valence-corrected chi connectivity index (χ2v) is 13.8. The number of rotatable bonds is 10. The number of benzene rings is 2. The van der Waals surface area contributed by atoms with Crippen molar-refractivity contribution in [2.24, 2.45) is 11.5 Å². The van der Waals surface area contributed by atoms with E-state index < -0.39 is 0 Å². The Balaban J connectivity index is 0.940. The molecule has 0 spiro atoms. The Morgan fingerprint density at radius 3 is 1.15 bits per heavy atom. The van der Waals surface area contributed by atoms with Gasteiger partial charge in [-0.25, -0.2) is 9.59 Å². The summed E-state index contributed by atoms with van der Waals surface area (Å²) in [6.07, 6.45) is 5.24. The standard InChI is InChI=1S/C38H52N8O6/c39-35(40)29-13-7-27(8-14-29)11-17-33(47)43-19-23-45(24-20-43)37(49)51-31-3-1-4-32(6-2-5-31)52-38(50)46-25-21-44(22-26-46)34(48)18-12-28-9-15-30(16-10-28)36(41)42/h7-10,13-16,31-32H,1-6,11-12,17-26H2,(H3,39,40)(H3,41,42). The quantitative estimate of drug-likeness (QED) is 0.212. The molecular formula is C38H52N8O6. The van der Waals surface area contributed by atoms with Crippen LogP contribution < -0.4 is 11.5 Å². The van der Waals surface area contributed by atoms with E-state index in [1.54, 1.807) is 43.9 Å². The summed E-state index contributed by atoms with van der Waals surface area (Å²) in [4.78, 5) is 58.5. The number of hydrogen-bond donors (Lipinski definition) is 4. The maximum atomic E-state index is 13.0. The van der Waals surface area contributed by atoms with Crippen LogP contribution in [0.25, 0.3) is 0 Å². The summed E-state index contributed by atoms with van der Waals surface area (Å²) in [6, 6.07) is 14.7. The third-order valence-corrected chi connectivity index (χ3v) is 10.2. The number of aryl methyl sites for hydroxylation is 2. The van der Waals surface area contributed by atoms with Gasteiger partial charge in [0.2, 0.25) is 11.8 Å². The molecule has 3 aliphatic rings. The largest absolute Gasteiger partial charge is 0.446 e. The fourth-order valence-electron chi connectivity index (χ4n) is 6.90. The lowest BCUT2D eigenvalue weighted by Gasteiger charge is -2.36. The number of amidine groups is 2. The van der Waals surface area contributed by atoms with Gasteiger partial charge in [0.1, 0.15) is 23.9 Å². The Labute approximate surface area is 305 Å². The fraction of sp³-hybridized carbons (Fsp3) is 0.526. The van der Waals surface area contributed by atoms with E-state index in [1.165, 1.54) is 0 Å². The highest BCUT2D eigenvalue weighted by atomic mass is 16.6. The molecule has 14 heteroatoms. The number of amides is 4. The monoisotopic (exact) mass is 716 g/mol. The van der Waals surface area contributed by atoms with Gasteiger partial charge in [0.15, 0.2) is 0 Å². The SMILES string of the molecule is N=C(N)c1ccc(CCC(=O)N2CCN(C(=O)OC3CCCC(OC(=O)N4CCN(C(=O)CCc5ccc(C(=N)N)cc5)CC4)CCC3)CC2)cc1. The van der Waals surface area contributed by atoms with Gasteiger partial charge in [-0.2, -0.15) is 0 Å². The van der Waals surface area contributed by atoms with Crippen molar-refractivity contribution in [2.45, 2.75) is 76.4 Å². The van der Waals surface area contributed by atoms with Gasteiger partial charge in [0.05, 0.1) is 0 Å². The highest BCUT2D eigenvalue weighted by Gasteiger charge is 2.30. The van der Waals surface area contributed by atoms with Crippen molar-refractivity contribution < 1.29 is 28.7 Å². The van der Waals surface area contributed by atoms with Crippen molar-refractivity contribution in [3.63, 3.8) is 0 Å². The number of carbonyl (C=O) groups is 4.